The van der Waals surface area contributed by atoms with Crippen LogP contribution in [0.25, 0.3) is 22.7 Å². The van der Waals surface area contributed by atoms with E-state index in [9.17, 15) is 0 Å². The molecule has 0 bridgehead atoms. The van der Waals surface area contributed by atoms with Crippen LogP contribution < -0.4 is 9.47 Å². The van der Waals surface area contributed by atoms with Crippen LogP contribution in [0.3, 0.4) is 0 Å². The van der Waals surface area contributed by atoms with E-state index in [0.29, 0.717) is 24.9 Å². The normalized spacial score (nSPS) is 13.3. The van der Waals surface area contributed by atoms with Gasteiger partial charge in [-0.05, 0) is 30.3 Å². The van der Waals surface area contributed by atoms with Gasteiger partial charge in [-0.15, -0.1) is 0 Å². The van der Waals surface area contributed by atoms with Crippen LogP contribution in [-0.2, 0) is 0 Å². The van der Waals surface area contributed by atoms with Crippen LogP contribution in [0.1, 0.15) is 25.6 Å². The maximum atomic E-state index is 5.62. The number of ether oxygens (including phenoxy) is 2. The van der Waals surface area contributed by atoms with Gasteiger partial charge in [-0.3, -0.25) is 4.98 Å². The largest absolute Gasteiger partial charge is 0.486 e. The van der Waals surface area contributed by atoms with Crippen LogP contribution in [-0.4, -0.2) is 28.3 Å². The molecule has 6 nitrogen and oxygen atoms in total. The minimum atomic E-state index is 0.229. The van der Waals surface area contributed by atoms with Crippen LogP contribution >= 0.6 is 0 Å². The quantitative estimate of drug-likeness (QED) is 0.732. The molecular weight excluding hydrogens is 306 g/mol. The molecule has 0 atom stereocenters. The second-order valence-corrected chi connectivity index (χ2v) is 5.90. The maximum Gasteiger partial charge on any atom is 0.259 e. The molecule has 3 aromatic rings. The van der Waals surface area contributed by atoms with Gasteiger partial charge in [0.1, 0.15) is 13.2 Å². The number of nitrogens with zero attached hydrogens (tertiary/aromatic N) is 3. The second kappa shape index (κ2) is 5.96. The first-order chi connectivity index (χ1) is 11.7. The molecule has 0 aliphatic carbocycles. The molecule has 0 saturated heterocycles. The van der Waals surface area contributed by atoms with Crippen molar-refractivity contribution in [1.82, 2.24) is 15.1 Å². The number of rotatable bonds is 3. The Balaban J connectivity index is 1.61. The molecule has 1 aromatic carbocycles. The number of fused-ring (bicyclic) bond motifs is 1. The second-order valence-electron chi connectivity index (χ2n) is 5.90. The van der Waals surface area contributed by atoms with Crippen molar-refractivity contribution in [1.29, 1.82) is 0 Å². The molecule has 1 aliphatic rings. The number of hydrogen-bond donors (Lipinski definition) is 0. The molecule has 3 heterocycles. The summed E-state index contributed by atoms with van der Waals surface area (Å²) in [4.78, 5) is 8.89. The van der Waals surface area contributed by atoms with Gasteiger partial charge in [-0.25, -0.2) is 0 Å². The van der Waals surface area contributed by atoms with Crippen LogP contribution in [0, 0.1) is 0 Å². The molecule has 122 valence electrons. The third kappa shape index (κ3) is 2.71. The van der Waals surface area contributed by atoms with Crippen molar-refractivity contribution in [3.8, 4) is 34.2 Å². The Bertz CT molecular complexity index is 856. The number of pyridine rings is 1. The van der Waals surface area contributed by atoms with Crippen molar-refractivity contribution in [3.63, 3.8) is 0 Å². The predicted molar refractivity (Wildman–Crippen MR) is 88.0 cm³/mol. The monoisotopic (exact) mass is 323 g/mol. The van der Waals surface area contributed by atoms with E-state index in [-0.39, 0.29) is 5.92 Å². The van der Waals surface area contributed by atoms with Gasteiger partial charge in [0, 0.05) is 17.7 Å². The van der Waals surface area contributed by atoms with Crippen molar-refractivity contribution in [2.45, 2.75) is 19.8 Å². The zero-order valence-electron chi connectivity index (χ0n) is 13.5. The van der Waals surface area contributed by atoms with Gasteiger partial charge < -0.3 is 14.0 Å². The van der Waals surface area contributed by atoms with Gasteiger partial charge in [0.15, 0.2) is 17.3 Å². The Morgan fingerprint density at radius 2 is 1.75 bits per heavy atom. The van der Waals surface area contributed by atoms with Crippen LogP contribution in [0.5, 0.6) is 11.5 Å². The Morgan fingerprint density at radius 3 is 2.46 bits per heavy atom. The highest BCUT2D eigenvalue weighted by Crippen LogP contribution is 2.34. The molecule has 6 heteroatoms. The molecule has 0 saturated carbocycles. The van der Waals surface area contributed by atoms with Crippen molar-refractivity contribution in [3.05, 3.63) is 42.4 Å². The summed E-state index contributed by atoms with van der Waals surface area (Å²) in [5, 5.41) is 3.98. The molecule has 2 aromatic heterocycles. The van der Waals surface area contributed by atoms with E-state index in [1.807, 2.05) is 44.2 Å². The molecule has 0 spiro atoms. The van der Waals surface area contributed by atoms with Crippen molar-refractivity contribution in [2.75, 3.05) is 13.2 Å². The highest BCUT2D eigenvalue weighted by atomic mass is 16.6. The molecule has 0 N–H and O–H groups in total. The molecule has 0 radical (unpaired) electrons. The van der Waals surface area contributed by atoms with Gasteiger partial charge in [0.05, 0.1) is 11.3 Å². The lowest BCUT2D eigenvalue weighted by molar-refractivity contribution is 0.171. The van der Waals surface area contributed by atoms with E-state index in [1.54, 1.807) is 6.20 Å². The fourth-order valence-corrected chi connectivity index (χ4v) is 2.48. The number of benzene rings is 1. The van der Waals surface area contributed by atoms with Gasteiger partial charge in [0.2, 0.25) is 0 Å². The molecular formula is C18H17N3O3. The smallest absolute Gasteiger partial charge is 0.259 e. The summed E-state index contributed by atoms with van der Waals surface area (Å²) in [7, 11) is 0. The summed E-state index contributed by atoms with van der Waals surface area (Å²) < 4.78 is 16.5. The van der Waals surface area contributed by atoms with Crippen LogP contribution in [0.4, 0.5) is 0 Å². The maximum absolute atomic E-state index is 5.62. The van der Waals surface area contributed by atoms with Gasteiger partial charge in [-0.1, -0.05) is 19.0 Å². The fourth-order valence-electron chi connectivity index (χ4n) is 2.48. The molecule has 0 unspecified atom stereocenters. The zero-order chi connectivity index (χ0) is 16.5. The molecule has 0 amide bonds. The first-order valence-corrected chi connectivity index (χ1v) is 7.91. The molecule has 0 fully saturated rings. The lowest BCUT2D eigenvalue weighted by atomic mass is 10.1. The predicted octanol–water partition coefficient (Wildman–Crippen LogP) is 3.69. The topological polar surface area (TPSA) is 70.3 Å². The lowest BCUT2D eigenvalue weighted by Gasteiger charge is -2.18. The summed E-state index contributed by atoms with van der Waals surface area (Å²) in [5.41, 5.74) is 2.62. The van der Waals surface area contributed by atoms with E-state index in [0.717, 1.165) is 28.3 Å². The minimum absolute atomic E-state index is 0.229. The summed E-state index contributed by atoms with van der Waals surface area (Å²) in [5.74, 6) is 2.94. The average Bonchev–Trinajstić information content (AvgIpc) is 3.12. The van der Waals surface area contributed by atoms with Gasteiger partial charge >= 0.3 is 0 Å². The van der Waals surface area contributed by atoms with E-state index in [4.69, 9.17) is 14.0 Å². The van der Waals surface area contributed by atoms with Crippen molar-refractivity contribution < 1.29 is 14.0 Å². The standard InChI is InChI=1S/C18H17N3O3/c1-11(2)17-20-18(24-21-17)13-3-5-14(19-10-13)12-4-6-15-16(9-12)23-8-7-22-15/h3-6,9-11H,7-8H2,1-2H3. The minimum Gasteiger partial charge on any atom is -0.486 e. The molecule has 24 heavy (non-hydrogen) atoms. The summed E-state index contributed by atoms with van der Waals surface area (Å²) >= 11 is 0. The van der Waals surface area contributed by atoms with E-state index < -0.39 is 0 Å². The fraction of sp³-hybridized carbons (Fsp3) is 0.278. The summed E-state index contributed by atoms with van der Waals surface area (Å²) in [6, 6.07) is 9.68. The Hall–Kier alpha value is -2.89. The molecule has 1 aliphatic heterocycles. The van der Waals surface area contributed by atoms with Crippen LogP contribution in [0.15, 0.2) is 41.1 Å². The number of aromatic nitrogens is 3. The Morgan fingerprint density at radius 1 is 0.958 bits per heavy atom. The van der Waals surface area contributed by atoms with Crippen molar-refractivity contribution >= 4 is 0 Å². The third-order valence-electron chi connectivity index (χ3n) is 3.81. The Kier molecular flexibility index (Phi) is 3.65. The lowest BCUT2D eigenvalue weighted by Crippen LogP contribution is -2.15. The number of hydrogen-bond acceptors (Lipinski definition) is 6. The van der Waals surface area contributed by atoms with Crippen molar-refractivity contribution in [2.24, 2.45) is 0 Å². The van der Waals surface area contributed by atoms with E-state index in [2.05, 4.69) is 15.1 Å². The first-order valence-electron chi connectivity index (χ1n) is 7.91. The summed E-state index contributed by atoms with van der Waals surface area (Å²) in [6.07, 6.45) is 1.74. The third-order valence-corrected chi connectivity index (χ3v) is 3.81. The van der Waals surface area contributed by atoms with Gasteiger partial charge in [-0.2, -0.15) is 4.98 Å². The van der Waals surface area contributed by atoms with E-state index in [1.165, 1.54) is 0 Å². The first kappa shape index (κ1) is 14.7. The average molecular weight is 323 g/mol. The molecule has 4 rings (SSSR count). The highest BCUT2D eigenvalue weighted by molar-refractivity contribution is 5.66. The summed E-state index contributed by atoms with van der Waals surface area (Å²) in [6.45, 7) is 5.20. The Labute approximate surface area is 139 Å². The SMILES string of the molecule is CC(C)c1noc(-c2ccc(-c3ccc4c(c3)OCCO4)nc2)n1. The van der Waals surface area contributed by atoms with Crippen LogP contribution in [0.2, 0.25) is 0 Å². The van der Waals surface area contributed by atoms with Gasteiger partial charge in [0.25, 0.3) is 5.89 Å². The zero-order valence-corrected chi connectivity index (χ0v) is 13.5. The van der Waals surface area contributed by atoms with E-state index >= 15 is 0 Å². The highest BCUT2D eigenvalue weighted by Gasteiger charge is 2.14.